The van der Waals surface area contributed by atoms with Crippen LogP contribution >= 0.6 is 23.8 Å². The molecule has 1 saturated heterocycles. The summed E-state index contributed by atoms with van der Waals surface area (Å²) in [6, 6.07) is 5.98. The van der Waals surface area contributed by atoms with E-state index < -0.39 is 0 Å². The van der Waals surface area contributed by atoms with Gasteiger partial charge in [-0.1, -0.05) is 24.6 Å². The Bertz CT molecular complexity index is 653. The molecule has 3 nitrogen and oxygen atoms in total. The fourth-order valence-corrected chi connectivity index (χ4v) is 3.56. The summed E-state index contributed by atoms with van der Waals surface area (Å²) in [6.45, 7) is 6.80. The van der Waals surface area contributed by atoms with E-state index >= 15 is 0 Å². The molecule has 0 atom stereocenters. The number of fused-ring (bicyclic) bond motifs is 1. The predicted molar refractivity (Wildman–Crippen MR) is 87.0 cm³/mol. The fourth-order valence-electron chi connectivity index (χ4n) is 3.07. The summed E-state index contributed by atoms with van der Waals surface area (Å²) < 4.78 is 2.99. The van der Waals surface area contributed by atoms with Crippen LogP contribution in [0.2, 0.25) is 5.02 Å². The summed E-state index contributed by atoms with van der Waals surface area (Å²) >= 11 is 11.7. The Balaban J connectivity index is 1.83. The van der Waals surface area contributed by atoms with Gasteiger partial charge < -0.3 is 14.5 Å². The van der Waals surface area contributed by atoms with Gasteiger partial charge in [0.1, 0.15) is 0 Å². The van der Waals surface area contributed by atoms with Gasteiger partial charge in [-0.25, -0.2) is 0 Å². The molecule has 108 valence electrons. The molecule has 0 radical (unpaired) electrons. The second kappa shape index (κ2) is 5.88. The second-order valence-corrected chi connectivity index (χ2v) is 6.35. The minimum atomic E-state index is 0.711. The van der Waals surface area contributed by atoms with Crippen molar-refractivity contribution in [2.75, 3.05) is 19.6 Å². The smallest absolute Gasteiger partial charge is 0.178 e. The van der Waals surface area contributed by atoms with Crippen LogP contribution in [0.4, 0.5) is 0 Å². The van der Waals surface area contributed by atoms with Crippen LogP contribution in [-0.4, -0.2) is 34.1 Å². The van der Waals surface area contributed by atoms with E-state index in [1.165, 1.54) is 25.9 Å². The average Bonchev–Trinajstić information content (AvgIpc) is 2.78. The molecule has 20 heavy (non-hydrogen) atoms. The summed E-state index contributed by atoms with van der Waals surface area (Å²) in [6.07, 6.45) is 2.51. The first-order valence-corrected chi connectivity index (χ1v) is 8.07. The number of hydrogen-bond acceptors (Lipinski definition) is 2. The molecule has 0 spiro atoms. The molecule has 2 aromatic rings. The maximum absolute atomic E-state index is 6.23. The molecule has 0 amide bonds. The monoisotopic (exact) mass is 309 g/mol. The normalized spacial score (nSPS) is 17.9. The summed E-state index contributed by atoms with van der Waals surface area (Å²) in [5.41, 5.74) is 2.09. The van der Waals surface area contributed by atoms with Crippen LogP contribution < -0.4 is 0 Å². The molecule has 0 bridgehead atoms. The number of nitrogens with one attached hydrogen (secondary N) is 1. The Labute approximate surface area is 129 Å². The average molecular weight is 310 g/mol. The van der Waals surface area contributed by atoms with Gasteiger partial charge in [0, 0.05) is 6.54 Å². The molecule has 0 aliphatic carbocycles. The topological polar surface area (TPSA) is 24.0 Å². The van der Waals surface area contributed by atoms with Crippen LogP contribution in [0.25, 0.3) is 11.0 Å². The molecule has 1 fully saturated rings. The lowest BCUT2D eigenvalue weighted by Crippen LogP contribution is -2.34. The Hall–Kier alpha value is -0.840. The highest BCUT2D eigenvalue weighted by molar-refractivity contribution is 7.71. The predicted octanol–water partition coefficient (Wildman–Crippen LogP) is 4.08. The lowest BCUT2D eigenvalue weighted by Gasteiger charge is -2.31. The minimum absolute atomic E-state index is 0.711. The van der Waals surface area contributed by atoms with E-state index in [1.54, 1.807) is 0 Å². The minimum Gasteiger partial charge on any atom is -0.329 e. The van der Waals surface area contributed by atoms with Gasteiger partial charge in [-0.2, -0.15) is 0 Å². The van der Waals surface area contributed by atoms with E-state index in [1.807, 2.05) is 12.1 Å². The molecule has 2 heterocycles. The van der Waals surface area contributed by atoms with E-state index in [0.717, 1.165) is 33.9 Å². The Morgan fingerprint density at radius 1 is 1.35 bits per heavy atom. The maximum Gasteiger partial charge on any atom is 0.178 e. The number of hydrogen-bond donors (Lipinski definition) is 1. The van der Waals surface area contributed by atoms with Gasteiger partial charge in [0.15, 0.2) is 4.77 Å². The molecule has 0 saturated carbocycles. The summed E-state index contributed by atoms with van der Waals surface area (Å²) in [4.78, 5) is 5.76. The van der Waals surface area contributed by atoms with Gasteiger partial charge in [-0.05, 0) is 62.7 Å². The third-order valence-electron chi connectivity index (χ3n) is 4.35. The van der Waals surface area contributed by atoms with Crippen molar-refractivity contribution in [3.63, 3.8) is 0 Å². The number of nitrogens with zero attached hydrogens (tertiary/aromatic N) is 2. The molecule has 3 rings (SSSR count). The van der Waals surface area contributed by atoms with E-state index in [0.29, 0.717) is 5.92 Å². The molecule has 1 aliphatic rings. The fraction of sp³-hybridized carbons (Fsp3) is 0.533. The Morgan fingerprint density at radius 2 is 2.10 bits per heavy atom. The van der Waals surface area contributed by atoms with E-state index in [9.17, 15) is 0 Å². The van der Waals surface area contributed by atoms with Crippen molar-refractivity contribution in [1.82, 2.24) is 14.5 Å². The van der Waals surface area contributed by atoms with Gasteiger partial charge in [-0.3, -0.25) is 0 Å². The van der Waals surface area contributed by atoms with Gasteiger partial charge >= 0.3 is 0 Å². The van der Waals surface area contributed by atoms with Crippen LogP contribution in [0, 0.1) is 10.7 Å². The van der Waals surface area contributed by atoms with Crippen LogP contribution in [0.3, 0.4) is 0 Å². The highest BCUT2D eigenvalue weighted by Crippen LogP contribution is 2.25. The number of H-pyrrole nitrogens is 1. The van der Waals surface area contributed by atoms with Crippen molar-refractivity contribution < 1.29 is 0 Å². The number of aromatic nitrogens is 2. The van der Waals surface area contributed by atoms with Crippen molar-refractivity contribution >= 4 is 34.9 Å². The van der Waals surface area contributed by atoms with Gasteiger partial charge in [0.25, 0.3) is 0 Å². The van der Waals surface area contributed by atoms with E-state index in [-0.39, 0.29) is 0 Å². The zero-order valence-corrected chi connectivity index (χ0v) is 13.3. The number of halogens is 1. The van der Waals surface area contributed by atoms with Crippen LogP contribution in [0.5, 0.6) is 0 Å². The van der Waals surface area contributed by atoms with Crippen LogP contribution in [0.1, 0.15) is 19.8 Å². The highest BCUT2D eigenvalue weighted by atomic mass is 35.5. The Kier molecular flexibility index (Phi) is 4.15. The second-order valence-electron chi connectivity index (χ2n) is 5.55. The zero-order chi connectivity index (χ0) is 14.1. The van der Waals surface area contributed by atoms with Crippen LogP contribution in [-0.2, 0) is 6.54 Å². The summed E-state index contributed by atoms with van der Waals surface area (Å²) in [5.74, 6) is 0.711. The van der Waals surface area contributed by atoms with Crippen molar-refractivity contribution in [1.29, 1.82) is 0 Å². The third kappa shape index (κ3) is 2.65. The summed E-state index contributed by atoms with van der Waals surface area (Å²) in [7, 11) is 0. The quantitative estimate of drug-likeness (QED) is 0.864. The Morgan fingerprint density at radius 3 is 2.80 bits per heavy atom. The summed E-state index contributed by atoms with van der Waals surface area (Å²) in [5, 5.41) is 0.744. The number of piperidine rings is 1. The van der Waals surface area contributed by atoms with E-state index in [2.05, 4.69) is 27.4 Å². The number of imidazole rings is 1. The number of para-hydroxylation sites is 1. The molecule has 1 aromatic heterocycles. The number of rotatable bonds is 3. The molecule has 1 N–H and O–H groups in total. The third-order valence-corrected chi connectivity index (χ3v) is 4.99. The molecule has 5 heteroatoms. The van der Waals surface area contributed by atoms with Crippen molar-refractivity contribution in [2.45, 2.75) is 26.3 Å². The SMILES string of the molecule is CCN1CCC(Cn2c(=S)[nH]c3c(Cl)cccc32)CC1. The van der Waals surface area contributed by atoms with Gasteiger partial charge in [0.05, 0.1) is 16.1 Å². The van der Waals surface area contributed by atoms with Crippen molar-refractivity contribution in [3.8, 4) is 0 Å². The highest BCUT2D eigenvalue weighted by Gasteiger charge is 2.19. The zero-order valence-electron chi connectivity index (χ0n) is 11.7. The standard InChI is InChI=1S/C15H20ClN3S/c1-2-18-8-6-11(7-9-18)10-19-13-5-3-4-12(16)14(13)17-15(19)20/h3-5,11H,2,6-10H2,1H3,(H,17,20). The lowest BCUT2D eigenvalue weighted by molar-refractivity contribution is 0.181. The molecule has 0 unspecified atom stereocenters. The lowest BCUT2D eigenvalue weighted by atomic mass is 9.97. The molecule has 1 aromatic carbocycles. The van der Waals surface area contributed by atoms with Gasteiger partial charge in [0.2, 0.25) is 0 Å². The molecule has 1 aliphatic heterocycles. The first-order chi connectivity index (χ1) is 9.69. The first-order valence-electron chi connectivity index (χ1n) is 7.28. The van der Waals surface area contributed by atoms with E-state index in [4.69, 9.17) is 23.8 Å². The molecular weight excluding hydrogens is 290 g/mol. The number of benzene rings is 1. The van der Waals surface area contributed by atoms with Crippen molar-refractivity contribution in [2.24, 2.45) is 5.92 Å². The molecular formula is C15H20ClN3S. The number of likely N-dealkylation sites (tertiary alicyclic amines) is 1. The van der Waals surface area contributed by atoms with Crippen molar-refractivity contribution in [3.05, 3.63) is 28.0 Å². The van der Waals surface area contributed by atoms with Crippen LogP contribution in [0.15, 0.2) is 18.2 Å². The maximum atomic E-state index is 6.23. The van der Waals surface area contributed by atoms with Gasteiger partial charge in [-0.15, -0.1) is 0 Å². The number of aromatic amines is 1. The largest absolute Gasteiger partial charge is 0.329 e. The first kappa shape index (κ1) is 14.1.